The molecule has 0 amide bonds. The van der Waals surface area contributed by atoms with Gasteiger partial charge in [-0.05, 0) is 108 Å². The van der Waals surface area contributed by atoms with Gasteiger partial charge in [-0.1, -0.05) is 60.7 Å². The molecule has 2 rings (SSSR count). The quantitative estimate of drug-likeness (QED) is 0.176. The minimum atomic E-state index is -2.88. The van der Waals surface area contributed by atoms with Crippen LogP contribution in [0.15, 0.2) is 54.6 Å². The van der Waals surface area contributed by atoms with Gasteiger partial charge in [0.15, 0.2) is 33.3 Å². The molecule has 38 heavy (non-hydrogen) atoms. The Morgan fingerprint density at radius 3 is 1.32 bits per heavy atom. The van der Waals surface area contributed by atoms with Crippen molar-refractivity contribution in [1.29, 1.82) is 0 Å². The van der Waals surface area contributed by atoms with Gasteiger partial charge in [-0.15, -0.1) is 0 Å². The third kappa shape index (κ3) is 10.7. The van der Waals surface area contributed by atoms with Crippen LogP contribution in [-0.2, 0) is 16.5 Å². The molecule has 0 aliphatic rings. The van der Waals surface area contributed by atoms with E-state index < -0.39 is 50.4 Å². The Hall–Kier alpha value is -0.679. The standard InChI is InChI=1S/C28H52O4Si6/c1-33(2,3)29-37(13,30-34(4,5)6)27-23-19-18-22-26(27)28(24-25-20-16-15-17-21-25)38(14,31-35(7,8)9)32-36(10,11)12/h15-24H,1-14H3/b28-24+. The summed E-state index contributed by atoms with van der Waals surface area (Å²) in [5.74, 6) is 0. The van der Waals surface area contributed by atoms with Gasteiger partial charge in [-0.3, -0.25) is 0 Å². The van der Waals surface area contributed by atoms with Gasteiger partial charge in [0, 0.05) is 5.20 Å². The average molecular weight is 621 g/mol. The lowest BCUT2D eigenvalue weighted by Gasteiger charge is -2.43. The third-order valence-electron chi connectivity index (χ3n) is 5.31. The lowest BCUT2D eigenvalue weighted by Crippen LogP contribution is -2.62. The van der Waals surface area contributed by atoms with Crippen LogP contribution < -0.4 is 5.19 Å². The number of benzene rings is 2. The van der Waals surface area contributed by atoms with Crippen LogP contribution in [0.4, 0.5) is 0 Å². The zero-order valence-corrected chi connectivity index (χ0v) is 32.4. The highest BCUT2D eigenvalue weighted by molar-refractivity contribution is 6.99. The van der Waals surface area contributed by atoms with Crippen molar-refractivity contribution in [2.75, 3.05) is 0 Å². The van der Waals surface area contributed by atoms with Crippen molar-refractivity contribution in [3.8, 4) is 0 Å². The summed E-state index contributed by atoms with van der Waals surface area (Å²) in [6.07, 6.45) is 2.31. The maximum atomic E-state index is 7.13. The molecule has 0 saturated carbocycles. The molecule has 0 aliphatic carbocycles. The fourth-order valence-corrected chi connectivity index (χ4v) is 28.8. The summed E-state index contributed by atoms with van der Waals surface area (Å²) in [4.78, 5) is 0. The Bertz CT molecular complexity index is 1060. The second-order valence-corrected chi connectivity index (χ2v) is 39.3. The average Bonchev–Trinajstić information content (AvgIpc) is 2.67. The van der Waals surface area contributed by atoms with Crippen LogP contribution in [0.5, 0.6) is 0 Å². The summed E-state index contributed by atoms with van der Waals surface area (Å²) >= 11 is 0. The van der Waals surface area contributed by atoms with Gasteiger partial charge < -0.3 is 16.5 Å². The lowest BCUT2D eigenvalue weighted by atomic mass is 10.1. The predicted octanol–water partition coefficient (Wildman–Crippen LogP) is 8.52. The first kappa shape index (κ1) is 33.5. The minimum Gasteiger partial charge on any atom is -0.433 e. The molecule has 10 heteroatoms. The fourth-order valence-electron chi connectivity index (χ4n) is 4.88. The smallest absolute Gasteiger partial charge is 0.349 e. The van der Waals surface area contributed by atoms with E-state index >= 15 is 0 Å². The molecular weight excluding hydrogens is 569 g/mol. The molecule has 0 aliphatic heterocycles. The van der Waals surface area contributed by atoms with Crippen molar-refractivity contribution in [1.82, 2.24) is 0 Å². The Morgan fingerprint density at radius 1 is 0.500 bits per heavy atom. The van der Waals surface area contributed by atoms with Crippen molar-refractivity contribution in [2.45, 2.75) is 91.7 Å². The van der Waals surface area contributed by atoms with Crippen LogP contribution in [0.1, 0.15) is 11.1 Å². The van der Waals surface area contributed by atoms with E-state index in [-0.39, 0.29) is 0 Å². The molecule has 0 atom stereocenters. The van der Waals surface area contributed by atoms with Crippen molar-refractivity contribution >= 4 is 66.9 Å². The van der Waals surface area contributed by atoms with Gasteiger partial charge in [-0.25, -0.2) is 0 Å². The monoisotopic (exact) mass is 620 g/mol. The highest BCUT2D eigenvalue weighted by Crippen LogP contribution is 2.36. The summed E-state index contributed by atoms with van der Waals surface area (Å²) in [6, 6.07) is 19.3. The number of rotatable bonds is 12. The van der Waals surface area contributed by atoms with E-state index in [1.165, 1.54) is 10.4 Å². The van der Waals surface area contributed by atoms with E-state index in [4.69, 9.17) is 16.5 Å². The molecule has 0 N–H and O–H groups in total. The fraction of sp³-hybridized carbons (Fsp3) is 0.500. The largest absolute Gasteiger partial charge is 0.433 e. The van der Waals surface area contributed by atoms with Crippen LogP contribution in [-0.4, -0.2) is 50.4 Å². The molecule has 0 fully saturated rings. The van der Waals surface area contributed by atoms with Gasteiger partial charge in [0.1, 0.15) is 0 Å². The van der Waals surface area contributed by atoms with Gasteiger partial charge >= 0.3 is 17.1 Å². The van der Waals surface area contributed by atoms with Crippen molar-refractivity contribution < 1.29 is 16.5 Å². The Balaban J connectivity index is 2.96. The van der Waals surface area contributed by atoms with Crippen LogP contribution in [0.3, 0.4) is 0 Å². The van der Waals surface area contributed by atoms with Crippen LogP contribution in [0, 0.1) is 0 Å². The van der Waals surface area contributed by atoms with E-state index in [2.05, 4.69) is 152 Å². The molecule has 0 heterocycles. The maximum Gasteiger partial charge on any atom is 0.349 e. The highest BCUT2D eigenvalue weighted by atomic mass is 28.5. The van der Waals surface area contributed by atoms with Crippen LogP contribution in [0.2, 0.25) is 91.7 Å². The predicted molar refractivity (Wildman–Crippen MR) is 181 cm³/mol. The van der Waals surface area contributed by atoms with E-state index in [1.54, 1.807) is 0 Å². The first-order valence-corrected chi connectivity index (χ1v) is 32.0. The summed E-state index contributed by atoms with van der Waals surface area (Å²) in [7, 11) is -13.5. The molecule has 0 bridgehead atoms. The van der Waals surface area contributed by atoms with Crippen molar-refractivity contribution in [3.63, 3.8) is 0 Å². The summed E-state index contributed by atoms with van der Waals surface area (Å²) in [5.41, 5.74) is 2.31. The van der Waals surface area contributed by atoms with Crippen molar-refractivity contribution in [2.24, 2.45) is 0 Å². The van der Waals surface area contributed by atoms with E-state index in [0.29, 0.717) is 0 Å². The van der Waals surface area contributed by atoms with E-state index in [9.17, 15) is 0 Å². The molecular formula is C28H52O4Si6. The first-order valence-electron chi connectivity index (χ1n) is 13.7. The second-order valence-electron chi connectivity index (χ2n) is 14.3. The van der Waals surface area contributed by atoms with Gasteiger partial charge in [0.05, 0.1) is 0 Å². The Morgan fingerprint density at radius 2 is 0.895 bits per heavy atom. The molecule has 2 aromatic carbocycles. The molecule has 212 valence electrons. The summed E-state index contributed by atoms with van der Waals surface area (Å²) in [6.45, 7) is 31.6. The molecule has 0 radical (unpaired) electrons. The van der Waals surface area contributed by atoms with E-state index in [0.717, 1.165) is 11.1 Å². The normalized spacial score (nSPS) is 14.6. The van der Waals surface area contributed by atoms with Gasteiger partial charge in [-0.2, -0.15) is 0 Å². The molecule has 4 nitrogen and oxygen atoms in total. The topological polar surface area (TPSA) is 36.9 Å². The minimum absolute atomic E-state index is 1.15. The second kappa shape index (κ2) is 12.1. The molecule has 0 spiro atoms. The lowest BCUT2D eigenvalue weighted by molar-refractivity contribution is 0.404. The molecule has 0 saturated heterocycles. The first-order chi connectivity index (χ1) is 17.0. The van der Waals surface area contributed by atoms with Crippen LogP contribution in [0.25, 0.3) is 11.3 Å². The summed E-state index contributed by atoms with van der Waals surface area (Å²) < 4.78 is 28.4. The Kier molecular flexibility index (Phi) is 10.6. The maximum absolute atomic E-state index is 7.13. The molecule has 0 aromatic heterocycles. The Labute approximate surface area is 239 Å². The number of hydrogen-bond acceptors (Lipinski definition) is 4. The van der Waals surface area contributed by atoms with Gasteiger partial charge in [0.2, 0.25) is 0 Å². The summed E-state index contributed by atoms with van der Waals surface area (Å²) in [5, 5.41) is 2.35. The van der Waals surface area contributed by atoms with Gasteiger partial charge in [0.25, 0.3) is 0 Å². The third-order valence-corrected chi connectivity index (χ3v) is 24.1. The SMILES string of the molecule is C[Si](C)(C)O[Si](C)(O[Si](C)(C)C)/C(=C/c1ccccc1)c1ccccc1[Si](C)(O[Si](C)(C)C)O[Si](C)(C)C. The molecule has 0 unspecified atom stereocenters. The molecule has 2 aromatic rings. The number of hydrogen-bond donors (Lipinski definition) is 0. The van der Waals surface area contributed by atoms with Crippen LogP contribution >= 0.6 is 0 Å². The van der Waals surface area contributed by atoms with Crippen molar-refractivity contribution in [3.05, 3.63) is 65.7 Å². The van der Waals surface area contributed by atoms with E-state index in [1.807, 2.05) is 0 Å². The highest BCUT2D eigenvalue weighted by Gasteiger charge is 2.48. The zero-order valence-electron chi connectivity index (χ0n) is 26.4. The zero-order chi connectivity index (χ0) is 29.2.